The third kappa shape index (κ3) is 2.75. The van der Waals surface area contributed by atoms with Gasteiger partial charge in [-0.2, -0.15) is 5.26 Å². The molecule has 0 radical (unpaired) electrons. The molecule has 0 bridgehead atoms. The van der Waals surface area contributed by atoms with Gasteiger partial charge in [0.15, 0.2) is 0 Å². The Balaban J connectivity index is 3.09. The van der Waals surface area contributed by atoms with E-state index in [0.717, 1.165) is 11.8 Å². The van der Waals surface area contributed by atoms with Crippen molar-refractivity contribution in [1.82, 2.24) is 0 Å². The largest absolute Gasteiger partial charge is 0.284 e. The van der Waals surface area contributed by atoms with Crippen LogP contribution in [0.15, 0.2) is 18.2 Å². The summed E-state index contributed by atoms with van der Waals surface area (Å²) in [5.41, 5.74) is 1.71. The highest BCUT2D eigenvalue weighted by Gasteiger charge is 2.03. The number of hydrogen-bond acceptors (Lipinski definition) is 3. The number of aryl methyl sites for hydroxylation is 1. The van der Waals surface area contributed by atoms with Gasteiger partial charge in [-0.15, -0.1) is 0 Å². The zero-order chi connectivity index (χ0) is 10.8. The Morgan fingerprint density at radius 1 is 1.43 bits per heavy atom. The average molecular weight is 210 g/mol. The van der Waals surface area contributed by atoms with Gasteiger partial charge in [0.1, 0.15) is 0 Å². The summed E-state index contributed by atoms with van der Waals surface area (Å²) in [4.78, 5) is 0. The van der Waals surface area contributed by atoms with Crippen LogP contribution >= 0.6 is 0 Å². The molecule has 1 rings (SSSR count). The molecular formula is C9H10N2O2S. The fourth-order valence-electron chi connectivity index (χ4n) is 1.02. The zero-order valence-corrected chi connectivity index (χ0v) is 8.72. The summed E-state index contributed by atoms with van der Waals surface area (Å²) in [6.07, 6.45) is 1.07. The fraction of sp³-hybridized carbons (Fsp3) is 0.222. The summed E-state index contributed by atoms with van der Waals surface area (Å²) < 4.78 is 24.1. The Hall–Kier alpha value is -1.54. The lowest BCUT2D eigenvalue weighted by Crippen LogP contribution is -2.09. The quantitative estimate of drug-likeness (QED) is 0.798. The van der Waals surface area contributed by atoms with Gasteiger partial charge >= 0.3 is 0 Å². The van der Waals surface area contributed by atoms with Crippen molar-refractivity contribution >= 4 is 15.7 Å². The summed E-state index contributed by atoms with van der Waals surface area (Å²) in [6, 6.07) is 6.82. The summed E-state index contributed by atoms with van der Waals surface area (Å²) in [5.74, 6) is 0. The fourth-order valence-corrected chi connectivity index (χ4v) is 1.58. The van der Waals surface area contributed by atoms with Crippen molar-refractivity contribution in [1.29, 1.82) is 5.26 Å². The van der Waals surface area contributed by atoms with Crippen LogP contribution in [0.4, 0.5) is 5.69 Å². The van der Waals surface area contributed by atoms with Crippen LogP contribution in [0.25, 0.3) is 0 Å². The number of nitrogens with one attached hydrogen (secondary N) is 1. The molecule has 0 atom stereocenters. The molecule has 0 aromatic heterocycles. The Morgan fingerprint density at radius 3 is 2.57 bits per heavy atom. The van der Waals surface area contributed by atoms with Crippen LogP contribution in [0.2, 0.25) is 0 Å². The number of sulfonamides is 1. The first-order chi connectivity index (χ1) is 6.42. The number of nitriles is 1. The van der Waals surface area contributed by atoms with E-state index < -0.39 is 10.0 Å². The van der Waals surface area contributed by atoms with Crippen molar-refractivity contribution in [2.75, 3.05) is 11.0 Å². The number of anilines is 1. The van der Waals surface area contributed by atoms with Crippen LogP contribution in [0.3, 0.4) is 0 Å². The number of rotatable bonds is 2. The van der Waals surface area contributed by atoms with Crippen LogP contribution in [0.1, 0.15) is 11.1 Å². The number of benzene rings is 1. The number of hydrogen-bond donors (Lipinski definition) is 1. The monoisotopic (exact) mass is 210 g/mol. The van der Waals surface area contributed by atoms with Crippen molar-refractivity contribution in [2.24, 2.45) is 0 Å². The molecule has 0 aliphatic rings. The maximum atomic E-state index is 10.9. The van der Waals surface area contributed by atoms with Gasteiger partial charge < -0.3 is 0 Å². The van der Waals surface area contributed by atoms with Crippen LogP contribution in [0.5, 0.6) is 0 Å². The van der Waals surface area contributed by atoms with Crippen LogP contribution < -0.4 is 4.72 Å². The first kappa shape index (κ1) is 10.5. The van der Waals surface area contributed by atoms with Crippen molar-refractivity contribution < 1.29 is 8.42 Å². The smallest absolute Gasteiger partial charge is 0.229 e. The molecule has 0 amide bonds. The number of nitrogens with zero attached hydrogens (tertiary/aromatic N) is 1. The Bertz CT molecular complexity index is 486. The molecule has 0 fully saturated rings. The van der Waals surface area contributed by atoms with Crippen molar-refractivity contribution in [3.8, 4) is 6.07 Å². The van der Waals surface area contributed by atoms with Crippen molar-refractivity contribution in [2.45, 2.75) is 6.92 Å². The van der Waals surface area contributed by atoms with E-state index in [0.29, 0.717) is 11.3 Å². The first-order valence-electron chi connectivity index (χ1n) is 3.91. The molecule has 1 aromatic carbocycles. The molecule has 0 aliphatic carbocycles. The predicted molar refractivity (Wildman–Crippen MR) is 54.4 cm³/mol. The molecule has 0 unspecified atom stereocenters. The zero-order valence-electron chi connectivity index (χ0n) is 7.90. The summed E-state index contributed by atoms with van der Waals surface area (Å²) in [6.45, 7) is 1.79. The standard InChI is InChI=1S/C9H10N2O2S/c1-7-3-4-9(5-8(7)6-10)11-14(2,12)13/h3-5,11H,1-2H3. The third-order valence-electron chi connectivity index (χ3n) is 1.66. The van der Waals surface area contributed by atoms with Crippen LogP contribution in [0, 0.1) is 18.3 Å². The van der Waals surface area contributed by atoms with Gasteiger partial charge in [0.05, 0.1) is 17.9 Å². The first-order valence-corrected chi connectivity index (χ1v) is 5.80. The van der Waals surface area contributed by atoms with E-state index in [4.69, 9.17) is 5.26 Å². The second-order valence-electron chi connectivity index (χ2n) is 3.02. The molecule has 74 valence electrons. The Morgan fingerprint density at radius 2 is 2.07 bits per heavy atom. The van der Waals surface area contributed by atoms with E-state index in [1.807, 2.05) is 6.07 Å². The average Bonchev–Trinajstić information content (AvgIpc) is 2.06. The normalized spacial score (nSPS) is 10.6. The van der Waals surface area contributed by atoms with E-state index in [1.165, 1.54) is 6.07 Å². The molecule has 0 spiro atoms. The molecule has 14 heavy (non-hydrogen) atoms. The van der Waals surface area contributed by atoms with Gasteiger partial charge in [0.25, 0.3) is 0 Å². The second kappa shape index (κ2) is 3.68. The van der Waals surface area contributed by atoms with Gasteiger partial charge in [-0.3, -0.25) is 4.72 Å². The highest BCUT2D eigenvalue weighted by atomic mass is 32.2. The lowest BCUT2D eigenvalue weighted by Gasteiger charge is -2.04. The predicted octanol–water partition coefficient (Wildman–Crippen LogP) is 1.24. The Kier molecular flexibility index (Phi) is 2.77. The van der Waals surface area contributed by atoms with Crippen LogP contribution in [-0.2, 0) is 10.0 Å². The minimum absolute atomic E-state index is 0.412. The van der Waals surface area contributed by atoms with E-state index >= 15 is 0 Å². The van der Waals surface area contributed by atoms with Gasteiger partial charge in [0.2, 0.25) is 10.0 Å². The molecule has 1 N–H and O–H groups in total. The SMILES string of the molecule is Cc1ccc(NS(C)(=O)=O)cc1C#N. The maximum Gasteiger partial charge on any atom is 0.229 e. The summed E-state index contributed by atoms with van der Waals surface area (Å²) >= 11 is 0. The van der Waals surface area contributed by atoms with Crippen LogP contribution in [-0.4, -0.2) is 14.7 Å². The third-order valence-corrected chi connectivity index (χ3v) is 2.27. The van der Waals surface area contributed by atoms with Crippen molar-refractivity contribution in [3.05, 3.63) is 29.3 Å². The van der Waals surface area contributed by atoms with Gasteiger partial charge in [-0.25, -0.2) is 8.42 Å². The van der Waals surface area contributed by atoms with E-state index in [-0.39, 0.29) is 0 Å². The van der Waals surface area contributed by atoms with E-state index in [9.17, 15) is 8.42 Å². The van der Waals surface area contributed by atoms with Gasteiger partial charge in [0, 0.05) is 5.69 Å². The molecule has 0 saturated carbocycles. The lowest BCUT2D eigenvalue weighted by molar-refractivity contribution is 0.607. The lowest BCUT2D eigenvalue weighted by atomic mass is 10.1. The molecule has 0 saturated heterocycles. The van der Waals surface area contributed by atoms with Crippen molar-refractivity contribution in [3.63, 3.8) is 0 Å². The molecule has 5 heteroatoms. The minimum Gasteiger partial charge on any atom is -0.284 e. The summed E-state index contributed by atoms with van der Waals surface area (Å²) in [7, 11) is -3.27. The van der Waals surface area contributed by atoms with Gasteiger partial charge in [-0.1, -0.05) is 6.07 Å². The molecular weight excluding hydrogens is 200 g/mol. The van der Waals surface area contributed by atoms with E-state index in [1.54, 1.807) is 19.1 Å². The molecule has 0 heterocycles. The molecule has 1 aromatic rings. The Labute approximate surface area is 83.2 Å². The van der Waals surface area contributed by atoms with E-state index in [2.05, 4.69) is 4.72 Å². The second-order valence-corrected chi connectivity index (χ2v) is 4.76. The maximum absolute atomic E-state index is 10.9. The summed E-state index contributed by atoms with van der Waals surface area (Å²) in [5, 5.41) is 8.71. The highest BCUT2D eigenvalue weighted by molar-refractivity contribution is 7.92. The topological polar surface area (TPSA) is 70.0 Å². The van der Waals surface area contributed by atoms with Gasteiger partial charge in [-0.05, 0) is 24.6 Å². The molecule has 0 aliphatic heterocycles. The minimum atomic E-state index is -3.27. The molecule has 4 nitrogen and oxygen atoms in total. The highest BCUT2D eigenvalue weighted by Crippen LogP contribution is 2.14.